The minimum absolute atomic E-state index is 0. The molecule has 20 heavy (non-hydrogen) atoms. The number of rotatable bonds is 12. The summed E-state index contributed by atoms with van der Waals surface area (Å²) in [5.41, 5.74) is 16.5. The van der Waals surface area contributed by atoms with E-state index in [4.69, 9.17) is 21.9 Å². The third-order valence-electron chi connectivity index (χ3n) is 3.14. The van der Waals surface area contributed by atoms with Crippen LogP contribution in [-0.4, -0.2) is 18.4 Å². The summed E-state index contributed by atoms with van der Waals surface area (Å²) in [5, 5.41) is 0. The molecule has 122 valence electrons. The van der Waals surface area contributed by atoms with Gasteiger partial charge < -0.3 is 10.5 Å². The standard InChI is InChI=1S/C14H31N3O2.ClH/c1-2-3-4-5-6-7-8-9-10-11-14(16,17)19-13(18)12-15;/h2-12,15-17H2,1H3;1H. The molecule has 5 nitrogen and oxygen atoms in total. The van der Waals surface area contributed by atoms with Crippen molar-refractivity contribution >= 4 is 18.4 Å². The average Bonchev–Trinajstić information content (AvgIpc) is 2.36. The van der Waals surface area contributed by atoms with Gasteiger partial charge in [-0.3, -0.25) is 16.3 Å². The molecule has 0 bridgehead atoms. The van der Waals surface area contributed by atoms with Crippen LogP contribution in [0.3, 0.4) is 0 Å². The highest BCUT2D eigenvalue weighted by Gasteiger charge is 2.22. The first-order chi connectivity index (χ1) is 9.02. The van der Waals surface area contributed by atoms with Crippen LogP contribution in [0.4, 0.5) is 0 Å². The van der Waals surface area contributed by atoms with Crippen molar-refractivity contribution in [1.82, 2.24) is 0 Å². The lowest BCUT2D eigenvalue weighted by molar-refractivity contribution is -0.157. The van der Waals surface area contributed by atoms with Gasteiger partial charge in [0.25, 0.3) is 0 Å². The molecule has 0 aliphatic carbocycles. The van der Waals surface area contributed by atoms with Crippen molar-refractivity contribution in [3.05, 3.63) is 0 Å². The van der Waals surface area contributed by atoms with E-state index in [9.17, 15) is 4.79 Å². The Morgan fingerprint density at radius 3 is 1.85 bits per heavy atom. The summed E-state index contributed by atoms with van der Waals surface area (Å²) in [6.07, 6.45) is 11.5. The monoisotopic (exact) mass is 309 g/mol. The second-order valence-electron chi connectivity index (χ2n) is 5.21. The van der Waals surface area contributed by atoms with E-state index in [1.165, 1.54) is 44.9 Å². The molecule has 6 heteroatoms. The Kier molecular flexibility index (Phi) is 14.9. The van der Waals surface area contributed by atoms with Gasteiger partial charge in [0.05, 0.1) is 6.54 Å². The van der Waals surface area contributed by atoms with Crippen LogP contribution in [0.1, 0.15) is 71.1 Å². The van der Waals surface area contributed by atoms with E-state index in [-0.39, 0.29) is 19.0 Å². The molecule has 0 aromatic rings. The highest BCUT2D eigenvalue weighted by molar-refractivity contribution is 5.85. The van der Waals surface area contributed by atoms with Gasteiger partial charge in [0.2, 0.25) is 5.85 Å². The highest BCUT2D eigenvalue weighted by Crippen LogP contribution is 2.13. The van der Waals surface area contributed by atoms with Crippen molar-refractivity contribution in [2.24, 2.45) is 17.2 Å². The fraction of sp³-hybridized carbons (Fsp3) is 0.929. The van der Waals surface area contributed by atoms with Gasteiger partial charge in [0, 0.05) is 6.42 Å². The van der Waals surface area contributed by atoms with E-state index in [1.807, 2.05) is 0 Å². The molecule has 0 rings (SSSR count). The predicted molar refractivity (Wildman–Crippen MR) is 85.3 cm³/mol. The van der Waals surface area contributed by atoms with Gasteiger partial charge in [0.15, 0.2) is 0 Å². The molecular weight excluding hydrogens is 278 g/mol. The van der Waals surface area contributed by atoms with Crippen molar-refractivity contribution in [2.75, 3.05) is 6.54 Å². The molecule has 0 unspecified atom stereocenters. The zero-order valence-electron chi connectivity index (χ0n) is 12.7. The number of hydrogen-bond acceptors (Lipinski definition) is 5. The molecule has 0 fully saturated rings. The quantitative estimate of drug-likeness (QED) is 0.292. The topological polar surface area (TPSA) is 104 Å². The maximum atomic E-state index is 11.0. The first kappa shape index (κ1) is 21.9. The molecule has 0 aliphatic heterocycles. The Morgan fingerprint density at radius 2 is 1.40 bits per heavy atom. The summed E-state index contributed by atoms with van der Waals surface area (Å²) in [6, 6.07) is 0. The normalized spacial score (nSPS) is 11.0. The van der Waals surface area contributed by atoms with Crippen molar-refractivity contribution in [3.8, 4) is 0 Å². The van der Waals surface area contributed by atoms with Crippen LogP contribution >= 0.6 is 12.4 Å². The van der Waals surface area contributed by atoms with E-state index in [1.54, 1.807) is 0 Å². The number of carbonyl (C=O) groups is 1. The zero-order chi connectivity index (χ0) is 14.6. The van der Waals surface area contributed by atoms with Crippen LogP contribution in [0.25, 0.3) is 0 Å². The van der Waals surface area contributed by atoms with E-state index >= 15 is 0 Å². The SMILES string of the molecule is CCCCCCCCCCCC(N)(N)OC(=O)CN.Cl. The van der Waals surface area contributed by atoms with Crippen LogP contribution in [0.2, 0.25) is 0 Å². The molecular formula is C14H32ClN3O2. The van der Waals surface area contributed by atoms with E-state index < -0.39 is 11.8 Å². The average molecular weight is 310 g/mol. The lowest BCUT2D eigenvalue weighted by Crippen LogP contribution is -2.53. The molecule has 0 saturated carbocycles. The smallest absolute Gasteiger partial charge is 0.322 e. The number of halogens is 1. The third kappa shape index (κ3) is 14.1. The van der Waals surface area contributed by atoms with Crippen molar-refractivity contribution in [2.45, 2.75) is 77.0 Å². The molecule has 0 aromatic carbocycles. The Hall–Kier alpha value is -0.360. The molecule has 0 saturated heterocycles. The molecule has 0 spiro atoms. The molecule has 0 aromatic heterocycles. The zero-order valence-corrected chi connectivity index (χ0v) is 13.6. The number of esters is 1. The Balaban J connectivity index is 0. The second-order valence-corrected chi connectivity index (χ2v) is 5.21. The fourth-order valence-corrected chi connectivity index (χ4v) is 2.02. The van der Waals surface area contributed by atoms with Crippen LogP contribution in [0.15, 0.2) is 0 Å². The maximum Gasteiger partial charge on any atom is 0.322 e. The molecule has 0 heterocycles. The molecule has 0 atom stereocenters. The van der Waals surface area contributed by atoms with Crippen molar-refractivity contribution in [1.29, 1.82) is 0 Å². The predicted octanol–water partition coefficient (Wildman–Crippen LogP) is 2.40. The number of ether oxygens (including phenoxy) is 1. The third-order valence-corrected chi connectivity index (χ3v) is 3.14. The Labute approximate surface area is 129 Å². The molecule has 0 amide bonds. The number of nitrogens with two attached hydrogens (primary N) is 3. The summed E-state index contributed by atoms with van der Waals surface area (Å²) >= 11 is 0. The van der Waals surface area contributed by atoms with E-state index in [0.29, 0.717) is 6.42 Å². The number of hydrogen-bond donors (Lipinski definition) is 3. The molecule has 6 N–H and O–H groups in total. The summed E-state index contributed by atoms with van der Waals surface area (Å²) in [7, 11) is 0. The minimum Gasteiger partial charge on any atom is -0.430 e. The Bertz CT molecular complexity index is 238. The summed E-state index contributed by atoms with van der Waals surface area (Å²) in [4.78, 5) is 11.0. The van der Waals surface area contributed by atoms with E-state index in [0.717, 1.165) is 12.8 Å². The van der Waals surface area contributed by atoms with Gasteiger partial charge in [-0.05, 0) is 6.42 Å². The van der Waals surface area contributed by atoms with Crippen LogP contribution in [-0.2, 0) is 9.53 Å². The summed E-state index contributed by atoms with van der Waals surface area (Å²) in [6.45, 7) is 2.04. The molecule has 0 radical (unpaired) electrons. The summed E-state index contributed by atoms with van der Waals surface area (Å²) in [5.74, 6) is -1.92. The van der Waals surface area contributed by atoms with Crippen LogP contribution in [0, 0.1) is 0 Å². The van der Waals surface area contributed by atoms with Crippen molar-refractivity contribution < 1.29 is 9.53 Å². The van der Waals surface area contributed by atoms with Gasteiger partial charge in [-0.1, -0.05) is 58.3 Å². The van der Waals surface area contributed by atoms with E-state index in [2.05, 4.69) is 6.92 Å². The minimum atomic E-state index is -1.36. The van der Waals surface area contributed by atoms with Gasteiger partial charge in [0.1, 0.15) is 0 Å². The number of carbonyl (C=O) groups excluding carboxylic acids is 1. The lowest BCUT2D eigenvalue weighted by Gasteiger charge is -2.24. The fourth-order valence-electron chi connectivity index (χ4n) is 2.02. The van der Waals surface area contributed by atoms with Gasteiger partial charge in [-0.15, -0.1) is 12.4 Å². The van der Waals surface area contributed by atoms with Crippen LogP contribution in [0.5, 0.6) is 0 Å². The van der Waals surface area contributed by atoms with Gasteiger partial charge >= 0.3 is 5.97 Å². The maximum absolute atomic E-state index is 11.0. The first-order valence-electron chi connectivity index (χ1n) is 7.51. The molecule has 0 aliphatic rings. The lowest BCUT2D eigenvalue weighted by atomic mass is 10.1. The first-order valence-corrected chi connectivity index (χ1v) is 7.51. The summed E-state index contributed by atoms with van der Waals surface area (Å²) < 4.78 is 4.85. The highest BCUT2D eigenvalue weighted by atomic mass is 35.5. The second kappa shape index (κ2) is 13.6. The van der Waals surface area contributed by atoms with Crippen LogP contribution < -0.4 is 17.2 Å². The Morgan fingerprint density at radius 1 is 0.950 bits per heavy atom. The largest absolute Gasteiger partial charge is 0.430 e. The van der Waals surface area contributed by atoms with Gasteiger partial charge in [-0.25, -0.2) is 0 Å². The number of unbranched alkanes of at least 4 members (excludes halogenated alkanes) is 8. The van der Waals surface area contributed by atoms with Gasteiger partial charge in [-0.2, -0.15) is 0 Å². The van der Waals surface area contributed by atoms with Crippen molar-refractivity contribution in [3.63, 3.8) is 0 Å².